The highest BCUT2D eigenvalue weighted by Crippen LogP contribution is 2.28. The molecule has 1 saturated carbocycles. The zero-order chi connectivity index (χ0) is 23.8. The van der Waals surface area contributed by atoms with Gasteiger partial charge in [0.1, 0.15) is 5.82 Å². The van der Waals surface area contributed by atoms with E-state index < -0.39 is 0 Å². The molecule has 8 nitrogen and oxygen atoms in total. The van der Waals surface area contributed by atoms with Crippen LogP contribution in [-0.4, -0.2) is 40.0 Å². The maximum Gasteiger partial charge on any atom is 0.289 e. The van der Waals surface area contributed by atoms with Crippen molar-refractivity contribution in [3.63, 3.8) is 0 Å². The van der Waals surface area contributed by atoms with Crippen molar-refractivity contribution in [1.82, 2.24) is 15.3 Å². The number of guanidine groups is 1. The molecule has 3 rings (SSSR count). The van der Waals surface area contributed by atoms with E-state index in [1.54, 1.807) is 0 Å². The minimum Gasteiger partial charge on any atom is -0.370 e. The summed E-state index contributed by atoms with van der Waals surface area (Å²) in [5.74, 6) is 0.702. The largest absolute Gasteiger partial charge is 0.370 e. The molecule has 1 aromatic heterocycles. The first kappa shape index (κ1) is 24.7. The van der Waals surface area contributed by atoms with E-state index in [-0.39, 0.29) is 35.8 Å². The molecule has 3 atom stereocenters. The second kappa shape index (κ2) is 11.8. The number of carbonyl (C=O) groups excluding carboxylic acids is 1. The Morgan fingerprint density at radius 3 is 2.73 bits per heavy atom. The number of aryl methyl sites for hydroxylation is 1. The molecule has 1 heterocycles. The number of aromatic nitrogens is 2. The van der Waals surface area contributed by atoms with Gasteiger partial charge in [-0.15, -0.1) is 0 Å². The highest BCUT2D eigenvalue weighted by Gasteiger charge is 2.26. The highest BCUT2D eigenvalue weighted by atomic mass is 16.2. The number of aliphatic imine (C=N–C) groups is 1. The van der Waals surface area contributed by atoms with Crippen LogP contribution in [0.5, 0.6) is 0 Å². The lowest BCUT2D eigenvalue weighted by atomic mass is 9.90. The predicted molar refractivity (Wildman–Crippen MR) is 135 cm³/mol. The second-order valence-corrected chi connectivity index (χ2v) is 9.30. The third-order valence-corrected chi connectivity index (χ3v) is 6.29. The van der Waals surface area contributed by atoms with Crippen molar-refractivity contribution in [3.05, 3.63) is 29.6 Å². The molecule has 1 aliphatic rings. The molecule has 0 bridgehead atoms. The standard InChI is InChI=1S/C25H39N7O/c1-4-5-6-7-10-17(3)28-24(33)23-29-19-14-13-16(2)15-18(19)22(32-23)30-20-11-8-9-12-21(20)31-25(26)27/h13-15,17,20-21H,4-12H2,1-3H3,(H,28,33)(H4,26,27,31)(H,29,30,32). The molecule has 0 saturated heterocycles. The molecule has 33 heavy (non-hydrogen) atoms. The number of rotatable bonds is 10. The van der Waals surface area contributed by atoms with Gasteiger partial charge in [-0.3, -0.25) is 4.79 Å². The van der Waals surface area contributed by atoms with E-state index in [1.165, 1.54) is 19.3 Å². The van der Waals surface area contributed by atoms with Crippen LogP contribution in [0.1, 0.15) is 87.8 Å². The van der Waals surface area contributed by atoms with Gasteiger partial charge in [0.05, 0.1) is 17.6 Å². The molecule has 0 radical (unpaired) electrons. The number of hydrogen-bond donors (Lipinski definition) is 4. The molecule has 180 valence electrons. The number of anilines is 1. The Hall–Kier alpha value is -2.90. The summed E-state index contributed by atoms with van der Waals surface area (Å²) in [4.78, 5) is 26.7. The lowest BCUT2D eigenvalue weighted by molar-refractivity contribution is 0.0928. The SMILES string of the molecule is CCCCCCC(C)NC(=O)c1nc(NC2CCCCC2N=C(N)N)c2cc(C)ccc2n1. The van der Waals surface area contributed by atoms with Gasteiger partial charge in [-0.05, 0) is 45.2 Å². The van der Waals surface area contributed by atoms with Gasteiger partial charge >= 0.3 is 0 Å². The summed E-state index contributed by atoms with van der Waals surface area (Å²) in [6, 6.07) is 6.10. The van der Waals surface area contributed by atoms with Crippen LogP contribution in [0, 0.1) is 6.92 Å². The number of nitrogens with zero attached hydrogens (tertiary/aromatic N) is 3. The van der Waals surface area contributed by atoms with E-state index in [0.717, 1.165) is 55.0 Å². The molecule has 3 unspecified atom stereocenters. The van der Waals surface area contributed by atoms with E-state index in [2.05, 4.69) is 32.5 Å². The quantitative estimate of drug-likeness (QED) is 0.244. The molecule has 0 aliphatic heterocycles. The lowest BCUT2D eigenvalue weighted by Gasteiger charge is -2.30. The molecule has 1 amide bonds. The number of fused-ring (bicyclic) bond motifs is 1. The smallest absolute Gasteiger partial charge is 0.289 e. The van der Waals surface area contributed by atoms with E-state index in [0.29, 0.717) is 5.82 Å². The number of amides is 1. The molecule has 8 heteroatoms. The average molecular weight is 454 g/mol. The summed E-state index contributed by atoms with van der Waals surface area (Å²) in [6.07, 6.45) is 9.72. The van der Waals surface area contributed by atoms with E-state index in [4.69, 9.17) is 11.5 Å². The summed E-state index contributed by atoms with van der Waals surface area (Å²) >= 11 is 0. The zero-order valence-corrected chi connectivity index (χ0v) is 20.2. The minimum atomic E-state index is -0.243. The monoisotopic (exact) mass is 453 g/mol. The highest BCUT2D eigenvalue weighted by molar-refractivity contribution is 5.96. The fraction of sp³-hybridized carbons (Fsp3) is 0.600. The minimum absolute atomic E-state index is 0.0148. The molecule has 2 aromatic rings. The van der Waals surface area contributed by atoms with Gasteiger partial charge in [-0.1, -0.05) is 57.1 Å². The average Bonchev–Trinajstić information content (AvgIpc) is 2.77. The third kappa shape index (κ3) is 7.04. The molecule has 1 fully saturated rings. The summed E-state index contributed by atoms with van der Waals surface area (Å²) in [7, 11) is 0. The van der Waals surface area contributed by atoms with E-state index in [1.807, 2.05) is 32.0 Å². The topological polar surface area (TPSA) is 131 Å². The normalized spacial score (nSPS) is 19.1. The van der Waals surface area contributed by atoms with Crippen molar-refractivity contribution in [1.29, 1.82) is 0 Å². The van der Waals surface area contributed by atoms with Crippen LogP contribution in [0.15, 0.2) is 23.2 Å². The Balaban J connectivity index is 1.83. The van der Waals surface area contributed by atoms with Crippen LogP contribution in [0.25, 0.3) is 10.9 Å². The van der Waals surface area contributed by atoms with Crippen molar-refractivity contribution < 1.29 is 4.79 Å². The van der Waals surface area contributed by atoms with Gasteiger partial charge in [-0.25, -0.2) is 15.0 Å². The molecular formula is C25H39N7O. The fourth-order valence-corrected chi connectivity index (χ4v) is 4.49. The number of unbranched alkanes of at least 4 members (excludes halogenated alkanes) is 3. The molecule has 0 spiro atoms. The Morgan fingerprint density at radius 2 is 1.97 bits per heavy atom. The summed E-state index contributed by atoms with van der Waals surface area (Å²) in [5.41, 5.74) is 13.2. The first-order chi connectivity index (χ1) is 15.9. The summed E-state index contributed by atoms with van der Waals surface area (Å²) in [6.45, 7) is 6.27. The molecular weight excluding hydrogens is 414 g/mol. The van der Waals surface area contributed by atoms with Crippen LogP contribution in [0.3, 0.4) is 0 Å². The van der Waals surface area contributed by atoms with E-state index >= 15 is 0 Å². The maximum atomic E-state index is 13.0. The van der Waals surface area contributed by atoms with Crippen molar-refractivity contribution >= 4 is 28.6 Å². The Kier molecular flexibility index (Phi) is 8.86. The van der Waals surface area contributed by atoms with Crippen LogP contribution >= 0.6 is 0 Å². The fourth-order valence-electron chi connectivity index (χ4n) is 4.49. The number of nitrogens with one attached hydrogen (secondary N) is 2. The Bertz CT molecular complexity index is 971. The molecule has 1 aromatic carbocycles. The Morgan fingerprint density at radius 1 is 1.18 bits per heavy atom. The van der Waals surface area contributed by atoms with Crippen molar-refractivity contribution in [2.45, 2.75) is 96.7 Å². The number of benzene rings is 1. The van der Waals surface area contributed by atoms with Crippen LogP contribution in [0.2, 0.25) is 0 Å². The zero-order valence-electron chi connectivity index (χ0n) is 20.2. The molecule has 6 N–H and O–H groups in total. The van der Waals surface area contributed by atoms with Crippen molar-refractivity contribution in [2.24, 2.45) is 16.5 Å². The summed E-state index contributed by atoms with van der Waals surface area (Å²) < 4.78 is 0. The number of carbonyl (C=O) groups is 1. The maximum absolute atomic E-state index is 13.0. The lowest BCUT2D eigenvalue weighted by Crippen LogP contribution is -2.39. The second-order valence-electron chi connectivity index (χ2n) is 9.30. The number of nitrogens with two attached hydrogens (primary N) is 2. The van der Waals surface area contributed by atoms with Gasteiger partial charge in [0.25, 0.3) is 5.91 Å². The number of hydrogen-bond acceptors (Lipinski definition) is 5. The molecule has 1 aliphatic carbocycles. The van der Waals surface area contributed by atoms with Crippen molar-refractivity contribution in [2.75, 3.05) is 5.32 Å². The van der Waals surface area contributed by atoms with E-state index in [9.17, 15) is 4.79 Å². The van der Waals surface area contributed by atoms with Crippen molar-refractivity contribution in [3.8, 4) is 0 Å². The first-order valence-electron chi connectivity index (χ1n) is 12.3. The van der Waals surface area contributed by atoms with Gasteiger partial charge < -0.3 is 22.1 Å². The van der Waals surface area contributed by atoms with Crippen LogP contribution in [-0.2, 0) is 0 Å². The van der Waals surface area contributed by atoms with Gasteiger partial charge in [0.15, 0.2) is 5.96 Å². The van der Waals surface area contributed by atoms with Crippen LogP contribution in [0.4, 0.5) is 5.82 Å². The first-order valence-corrected chi connectivity index (χ1v) is 12.3. The van der Waals surface area contributed by atoms with Gasteiger partial charge in [-0.2, -0.15) is 0 Å². The predicted octanol–water partition coefficient (Wildman–Crippen LogP) is 4.02. The Labute approximate surface area is 197 Å². The third-order valence-electron chi connectivity index (χ3n) is 6.29. The van der Waals surface area contributed by atoms with Gasteiger partial charge in [0, 0.05) is 11.4 Å². The van der Waals surface area contributed by atoms with Gasteiger partial charge in [0.2, 0.25) is 5.82 Å². The van der Waals surface area contributed by atoms with Crippen LogP contribution < -0.4 is 22.1 Å². The summed E-state index contributed by atoms with van der Waals surface area (Å²) in [5, 5.41) is 7.52.